The molecule has 3 aromatic rings. The molecule has 2 amide bonds. The Labute approximate surface area is 184 Å². The van der Waals surface area contributed by atoms with Crippen LogP contribution in [0.1, 0.15) is 33.8 Å². The van der Waals surface area contributed by atoms with E-state index in [2.05, 4.69) is 10.6 Å². The van der Waals surface area contributed by atoms with Crippen LogP contribution in [-0.2, 0) is 11.3 Å². The van der Waals surface area contributed by atoms with Gasteiger partial charge in [0.25, 0.3) is 5.91 Å². The first-order valence-corrected chi connectivity index (χ1v) is 10.4. The van der Waals surface area contributed by atoms with E-state index in [1.165, 1.54) is 12.1 Å². The molecule has 1 heterocycles. The van der Waals surface area contributed by atoms with Crippen LogP contribution in [0.5, 0.6) is 11.5 Å². The van der Waals surface area contributed by atoms with Crippen LogP contribution in [-0.4, -0.2) is 18.6 Å². The van der Waals surface area contributed by atoms with E-state index in [9.17, 15) is 14.0 Å². The summed E-state index contributed by atoms with van der Waals surface area (Å²) in [6, 6.07) is 18.7. The minimum atomic E-state index is -0.295. The molecule has 1 saturated carbocycles. The van der Waals surface area contributed by atoms with Gasteiger partial charge in [0.05, 0.1) is 11.3 Å². The lowest BCUT2D eigenvalue weighted by Crippen LogP contribution is -2.25. The topological polar surface area (TPSA) is 76.7 Å². The molecule has 162 valence electrons. The highest BCUT2D eigenvalue weighted by Crippen LogP contribution is 2.48. The van der Waals surface area contributed by atoms with Gasteiger partial charge in [-0.2, -0.15) is 0 Å². The third-order valence-electron chi connectivity index (χ3n) is 5.74. The van der Waals surface area contributed by atoms with Crippen molar-refractivity contribution in [1.82, 2.24) is 5.32 Å². The normalized spacial score (nSPS) is 18.2. The fourth-order valence-electron chi connectivity index (χ4n) is 3.91. The van der Waals surface area contributed by atoms with Gasteiger partial charge in [-0.1, -0.05) is 30.3 Å². The molecule has 2 unspecified atom stereocenters. The molecule has 0 bridgehead atoms. The Morgan fingerprint density at radius 2 is 1.75 bits per heavy atom. The van der Waals surface area contributed by atoms with Crippen molar-refractivity contribution >= 4 is 17.5 Å². The molecule has 2 aliphatic rings. The summed E-state index contributed by atoms with van der Waals surface area (Å²) in [5.41, 5.74) is 2.68. The molecule has 0 radical (unpaired) electrons. The summed E-state index contributed by atoms with van der Waals surface area (Å²) in [4.78, 5) is 25.5. The summed E-state index contributed by atoms with van der Waals surface area (Å²) in [6.45, 7) is 0.508. The highest BCUT2D eigenvalue weighted by atomic mass is 19.1. The first kappa shape index (κ1) is 20.1. The Kier molecular flexibility index (Phi) is 5.23. The fraction of sp³-hybridized carbons (Fsp3) is 0.200. The molecule has 5 rings (SSSR count). The van der Waals surface area contributed by atoms with E-state index in [0.29, 0.717) is 35.7 Å². The van der Waals surface area contributed by atoms with E-state index in [0.717, 1.165) is 11.1 Å². The Morgan fingerprint density at radius 3 is 2.59 bits per heavy atom. The average Bonchev–Trinajstić information content (AvgIpc) is 3.47. The smallest absolute Gasteiger partial charge is 0.253 e. The Morgan fingerprint density at radius 1 is 0.969 bits per heavy atom. The summed E-state index contributed by atoms with van der Waals surface area (Å²) in [5.74, 6) is 0.500. The van der Waals surface area contributed by atoms with Crippen LogP contribution >= 0.6 is 0 Å². The van der Waals surface area contributed by atoms with Crippen LogP contribution < -0.4 is 20.1 Å². The van der Waals surface area contributed by atoms with E-state index < -0.39 is 0 Å². The number of hydrogen-bond donors (Lipinski definition) is 2. The maximum absolute atomic E-state index is 13.1. The summed E-state index contributed by atoms with van der Waals surface area (Å²) in [5, 5.41) is 5.77. The largest absolute Gasteiger partial charge is 0.454 e. The molecule has 0 saturated heterocycles. The van der Waals surface area contributed by atoms with Gasteiger partial charge in [0.2, 0.25) is 12.7 Å². The SMILES string of the molecule is O=C(NCc1ccc2c(c1)OCO2)c1ccccc1NC(=O)C1CC1c1ccc(F)cc1. The third-order valence-corrected chi connectivity index (χ3v) is 5.74. The number of ether oxygens (including phenoxy) is 2. The van der Waals surface area contributed by atoms with Gasteiger partial charge >= 0.3 is 0 Å². The Bertz CT molecular complexity index is 1180. The second-order valence-electron chi connectivity index (χ2n) is 7.91. The molecule has 6 nitrogen and oxygen atoms in total. The van der Waals surface area contributed by atoms with E-state index >= 15 is 0 Å². The van der Waals surface area contributed by atoms with Gasteiger partial charge in [0.1, 0.15) is 5.82 Å². The van der Waals surface area contributed by atoms with E-state index in [4.69, 9.17) is 9.47 Å². The second kappa shape index (κ2) is 8.34. The van der Waals surface area contributed by atoms with Crippen LogP contribution in [0.3, 0.4) is 0 Å². The van der Waals surface area contributed by atoms with Crippen molar-refractivity contribution < 1.29 is 23.5 Å². The molecule has 0 spiro atoms. The molecule has 7 heteroatoms. The Hall–Kier alpha value is -3.87. The zero-order valence-electron chi connectivity index (χ0n) is 17.1. The van der Waals surface area contributed by atoms with Gasteiger partial charge in [0, 0.05) is 12.5 Å². The number of carbonyl (C=O) groups excluding carboxylic acids is 2. The first-order valence-electron chi connectivity index (χ1n) is 10.4. The number of nitrogens with one attached hydrogen (secondary N) is 2. The van der Waals surface area contributed by atoms with Crippen molar-refractivity contribution in [3.63, 3.8) is 0 Å². The minimum Gasteiger partial charge on any atom is -0.454 e. The van der Waals surface area contributed by atoms with E-state index in [1.807, 2.05) is 18.2 Å². The second-order valence-corrected chi connectivity index (χ2v) is 7.91. The van der Waals surface area contributed by atoms with Gasteiger partial charge < -0.3 is 20.1 Å². The van der Waals surface area contributed by atoms with Crippen LogP contribution in [0.25, 0.3) is 0 Å². The lowest BCUT2D eigenvalue weighted by Gasteiger charge is -2.12. The molecule has 0 aromatic heterocycles. The van der Waals surface area contributed by atoms with Gasteiger partial charge in [-0.25, -0.2) is 4.39 Å². The standard InChI is InChI=1S/C25H21FN2O4/c26-17-8-6-16(7-9-17)19-12-20(19)25(30)28-21-4-2-1-3-18(21)24(29)27-13-15-5-10-22-23(11-15)32-14-31-22/h1-11,19-20H,12-14H2,(H,27,29)(H,28,30). The molecule has 32 heavy (non-hydrogen) atoms. The molecule has 1 fully saturated rings. The van der Waals surface area contributed by atoms with Gasteiger partial charge in [-0.05, 0) is 59.9 Å². The predicted molar refractivity (Wildman–Crippen MR) is 116 cm³/mol. The maximum Gasteiger partial charge on any atom is 0.253 e. The quantitative estimate of drug-likeness (QED) is 0.611. The van der Waals surface area contributed by atoms with E-state index in [-0.39, 0.29) is 36.3 Å². The van der Waals surface area contributed by atoms with Crippen LogP contribution in [0.2, 0.25) is 0 Å². The fourth-order valence-corrected chi connectivity index (χ4v) is 3.91. The van der Waals surface area contributed by atoms with Crippen molar-refractivity contribution in [3.05, 3.63) is 89.2 Å². The highest BCUT2D eigenvalue weighted by molar-refractivity contribution is 6.04. The van der Waals surface area contributed by atoms with Gasteiger partial charge in [-0.3, -0.25) is 9.59 Å². The Balaban J connectivity index is 1.22. The predicted octanol–water partition coefficient (Wildman–Crippen LogP) is 4.23. The molecular weight excluding hydrogens is 411 g/mol. The molecule has 1 aliphatic heterocycles. The number of carbonyl (C=O) groups is 2. The molecule has 2 N–H and O–H groups in total. The zero-order chi connectivity index (χ0) is 22.1. The summed E-state index contributed by atoms with van der Waals surface area (Å²) in [7, 11) is 0. The summed E-state index contributed by atoms with van der Waals surface area (Å²) >= 11 is 0. The zero-order valence-corrected chi connectivity index (χ0v) is 17.1. The highest BCUT2D eigenvalue weighted by Gasteiger charge is 2.44. The lowest BCUT2D eigenvalue weighted by atomic mass is 10.1. The molecule has 3 aromatic carbocycles. The third kappa shape index (κ3) is 4.14. The maximum atomic E-state index is 13.1. The van der Waals surface area contributed by atoms with Gasteiger partial charge in [0.15, 0.2) is 11.5 Å². The van der Waals surface area contributed by atoms with Gasteiger partial charge in [-0.15, -0.1) is 0 Å². The van der Waals surface area contributed by atoms with Crippen LogP contribution in [0.15, 0.2) is 66.7 Å². The molecule has 2 atom stereocenters. The molecular formula is C25H21FN2O4. The summed E-state index contributed by atoms with van der Waals surface area (Å²) in [6.07, 6.45) is 0.704. The number of rotatable bonds is 6. The number of benzene rings is 3. The van der Waals surface area contributed by atoms with Crippen molar-refractivity contribution in [2.24, 2.45) is 5.92 Å². The monoisotopic (exact) mass is 432 g/mol. The minimum absolute atomic E-state index is 0.0718. The number of fused-ring (bicyclic) bond motifs is 1. The van der Waals surface area contributed by atoms with Crippen molar-refractivity contribution in [2.45, 2.75) is 18.9 Å². The summed E-state index contributed by atoms with van der Waals surface area (Å²) < 4.78 is 23.8. The number of halogens is 1. The lowest BCUT2D eigenvalue weighted by molar-refractivity contribution is -0.117. The first-order chi connectivity index (χ1) is 15.6. The van der Waals surface area contributed by atoms with E-state index in [1.54, 1.807) is 36.4 Å². The number of amides is 2. The van der Waals surface area contributed by atoms with Crippen molar-refractivity contribution in [3.8, 4) is 11.5 Å². The average molecular weight is 432 g/mol. The molecule has 1 aliphatic carbocycles. The number of hydrogen-bond acceptors (Lipinski definition) is 4. The van der Waals surface area contributed by atoms with Crippen molar-refractivity contribution in [2.75, 3.05) is 12.1 Å². The van der Waals surface area contributed by atoms with Crippen LogP contribution in [0.4, 0.5) is 10.1 Å². The van der Waals surface area contributed by atoms with Crippen LogP contribution in [0, 0.1) is 11.7 Å². The number of para-hydroxylation sites is 1. The number of anilines is 1. The van der Waals surface area contributed by atoms with Crippen molar-refractivity contribution in [1.29, 1.82) is 0 Å².